The molecule has 0 atom stereocenters. The number of halogens is 2. The molecule has 0 aliphatic carbocycles. The van der Waals surface area contributed by atoms with Gasteiger partial charge in [-0.1, -0.05) is 18.2 Å². The van der Waals surface area contributed by atoms with E-state index in [1.807, 2.05) is 6.07 Å². The molecule has 0 saturated carbocycles. The fourth-order valence-electron chi connectivity index (χ4n) is 2.14. The van der Waals surface area contributed by atoms with E-state index in [9.17, 15) is 13.6 Å². The zero-order valence-electron chi connectivity index (χ0n) is 13.2. The Morgan fingerprint density at radius 1 is 0.962 bits per heavy atom. The molecule has 0 saturated heterocycles. The highest BCUT2D eigenvalue weighted by Crippen LogP contribution is 2.20. The molecule has 0 fully saturated rings. The van der Waals surface area contributed by atoms with Crippen molar-refractivity contribution in [3.05, 3.63) is 77.5 Å². The normalized spacial score (nSPS) is 10.0. The molecule has 0 radical (unpaired) electrons. The molecule has 0 spiro atoms. The Kier molecular flexibility index (Phi) is 4.80. The van der Waals surface area contributed by atoms with E-state index in [0.29, 0.717) is 17.1 Å². The SMILES string of the molecule is N#Cc1ccccc1Nc1ccc(C(=O)Nc2c(F)cccc2F)nn1. The first-order valence-electron chi connectivity index (χ1n) is 7.43. The number of benzene rings is 2. The maximum atomic E-state index is 13.6. The van der Waals surface area contributed by atoms with Crippen molar-refractivity contribution in [1.82, 2.24) is 10.2 Å². The van der Waals surface area contributed by atoms with E-state index in [2.05, 4.69) is 20.8 Å². The summed E-state index contributed by atoms with van der Waals surface area (Å²) in [5, 5.41) is 21.7. The fourth-order valence-corrected chi connectivity index (χ4v) is 2.14. The summed E-state index contributed by atoms with van der Waals surface area (Å²) < 4.78 is 27.2. The minimum atomic E-state index is -0.891. The molecule has 0 unspecified atom stereocenters. The molecule has 0 bridgehead atoms. The number of hydrogen-bond donors (Lipinski definition) is 2. The lowest BCUT2D eigenvalue weighted by Gasteiger charge is -2.08. The second-order valence-electron chi connectivity index (χ2n) is 5.14. The van der Waals surface area contributed by atoms with Crippen LogP contribution in [0.25, 0.3) is 0 Å². The smallest absolute Gasteiger partial charge is 0.276 e. The second kappa shape index (κ2) is 7.36. The third-order valence-corrected chi connectivity index (χ3v) is 3.41. The summed E-state index contributed by atoms with van der Waals surface area (Å²) in [6.45, 7) is 0. The lowest BCUT2D eigenvalue weighted by atomic mass is 10.2. The standard InChI is InChI=1S/C18H11F2N5O/c19-12-5-3-6-13(20)17(12)23-18(26)15-8-9-16(25-24-15)22-14-7-2-1-4-11(14)10-21/h1-9H,(H,22,25)(H,23,26). The molecule has 0 aliphatic rings. The van der Waals surface area contributed by atoms with Crippen LogP contribution in [-0.4, -0.2) is 16.1 Å². The monoisotopic (exact) mass is 351 g/mol. The number of amides is 1. The molecule has 3 aromatic rings. The van der Waals surface area contributed by atoms with Gasteiger partial charge in [-0.25, -0.2) is 8.78 Å². The quantitative estimate of drug-likeness (QED) is 0.749. The van der Waals surface area contributed by atoms with E-state index in [0.717, 1.165) is 12.1 Å². The Morgan fingerprint density at radius 3 is 2.35 bits per heavy atom. The first kappa shape index (κ1) is 17.0. The summed E-state index contributed by atoms with van der Waals surface area (Å²) in [5.74, 6) is -2.28. The van der Waals surface area contributed by atoms with Gasteiger partial charge in [0.25, 0.3) is 5.91 Å². The summed E-state index contributed by atoms with van der Waals surface area (Å²) >= 11 is 0. The van der Waals surface area contributed by atoms with Gasteiger partial charge in [0.15, 0.2) is 11.5 Å². The number of nitrogens with one attached hydrogen (secondary N) is 2. The molecule has 0 aliphatic heterocycles. The van der Waals surface area contributed by atoms with Gasteiger partial charge in [0.2, 0.25) is 0 Å². The zero-order valence-corrected chi connectivity index (χ0v) is 13.2. The summed E-state index contributed by atoms with van der Waals surface area (Å²) in [5.41, 5.74) is 0.289. The van der Waals surface area contributed by atoms with Crippen LogP contribution in [0.5, 0.6) is 0 Å². The van der Waals surface area contributed by atoms with Gasteiger partial charge in [0, 0.05) is 0 Å². The van der Waals surface area contributed by atoms with Gasteiger partial charge in [0.1, 0.15) is 23.4 Å². The number of nitrogens with zero attached hydrogens (tertiary/aromatic N) is 3. The van der Waals surface area contributed by atoms with E-state index in [1.165, 1.54) is 18.2 Å². The average molecular weight is 351 g/mol. The zero-order chi connectivity index (χ0) is 18.5. The summed E-state index contributed by atoms with van der Waals surface area (Å²) in [7, 11) is 0. The molecule has 2 aromatic carbocycles. The van der Waals surface area contributed by atoms with Crippen molar-refractivity contribution in [1.29, 1.82) is 5.26 Å². The highest BCUT2D eigenvalue weighted by Gasteiger charge is 2.15. The van der Waals surface area contributed by atoms with Crippen LogP contribution in [0.4, 0.5) is 26.0 Å². The molecule has 2 N–H and O–H groups in total. The number of aromatic nitrogens is 2. The third-order valence-electron chi connectivity index (χ3n) is 3.41. The first-order chi connectivity index (χ1) is 12.6. The fraction of sp³-hybridized carbons (Fsp3) is 0. The molecule has 1 aromatic heterocycles. The number of rotatable bonds is 4. The van der Waals surface area contributed by atoms with Gasteiger partial charge < -0.3 is 10.6 Å². The van der Waals surface area contributed by atoms with Crippen LogP contribution >= 0.6 is 0 Å². The van der Waals surface area contributed by atoms with Crippen molar-refractivity contribution in [3.8, 4) is 6.07 Å². The Hall–Kier alpha value is -3.86. The number of carbonyl (C=O) groups is 1. The van der Waals surface area contributed by atoms with Crippen molar-refractivity contribution in [2.24, 2.45) is 0 Å². The van der Waals surface area contributed by atoms with Crippen LogP contribution in [0.1, 0.15) is 16.1 Å². The van der Waals surface area contributed by atoms with Gasteiger partial charge in [-0.15, -0.1) is 10.2 Å². The lowest BCUT2D eigenvalue weighted by molar-refractivity contribution is 0.102. The van der Waals surface area contributed by atoms with Gasteiger partial charge in [-0.2, -0.15) is 5.26 Å². The van der Waals surface area contributed by atoms with E-state index < -0.39 is 23.2 Å². The number of hydrogen-bond acceptors (Lipinski definition) is 5. The van der Waals surface area contributed by atoms with Crippen LogP contribution in [-0.2, 0) is 0 Å². The highest BCUT2D eigenvalue weighted by atomic mass is 19.1. The number of carbonyl (C=O) groups excluding carboxylic acids is 1. The Bertz CT molecular complexity index is 979. The first-order valence-corrected chi connectivity index (χ1v) is 7.43. The minimum Gasteiger partial charge on any atom is -0.338 e. The predicted octanol–water partition coefficient (Wildman–Crippen LogP) is 3.62. The van der Waals surface area contributed by atoms with Crippen molar-refractivity contribution < 1.29 is 13.6 Å². The van der Waals surface area contributed by atoms with Crippen LogP contribution < -0.4 is 10.6 Å². The van der Waals surface area contributed by atoms with Gasteiger partial charge in [0.05, 0.1) is 11.3 Å². The Labute approximate surface area is 147 Å². The van der Waals surface area contributed by atoms with Gasteiger partial charge >= 0.3 is 0 Å². The molecular weight excluding hydrogens is 340 g/mol. The number of para-hydroxylation sites is 2. The Balaban J connectivity index is 1.75. The lowest BCUT2D eigenvalue weighted by Crippen LogP contribution is -2.16. The average Bonchev–Trinajstić information content (AvgIpc) is 2.66. The molecule has 1 amide bonds. The molecule has 3 rings (SSSR count). The third kappa shape index (κ3) is 3.62. The number of nitriles is 1. The van der Waals surface area contributed by atoms with Crippen molar-refractivity contribution in [2.45, 2.75) is 0 Å². The molecule has 6 nitrogen and oxygen atoms in total. The predicted molar refractivity (Wildman–Crippen MR) is 90.8 cm³/mol. The van der Waals surface area contributed by atoms with E-state index in [1.54, 1.807) is 24.3 Å². The van der Waals surface area contributed by atoms with Crippen molar-refractivity contribution in [2.75, 3.05) is 10.6 Å². The molecule has 128 valence electrons. The second-order valence-corrected chi connectivity index (χ2v) is 5.14. The van der Waals surface area contributed by atoms with Crippen molar-refractivity contribution in [3.63, 3.8) is 0 Å². The van der Waals surface area contributed by atoms with Crippen LogP contribution in [0.2, 0.25) is 0 Å². The largest absolute Gasteiger partial charge is 0.338 e. The summed E-state index contributed by atoms with van der Waals surface area (Å²) in [4.78, 5) is 12.1. The maximum Gasteiger partial charge on any atom is 0.276 e. The van der Waals surface area contributed by atoms with Crippen LogP contribution in [0.3, 0.4) is 0 Å². The van der Waals surface area contributed by atoms with Gasteiger partial charge in [-0.3, -0.25) is 4.79 Å². The molecule has 1 heterocycles. The summed E-state index contributed by atoms with van der Waals surface area (Å²) in [6, 6.07) is 14.9. The van der Waals surface area contributed by atoms with Crippen LogP contribution in [0.15, 0.2) is 54.6 Å². The van der Waals surface area contributed by atoms with Crippen molar-refractivity contribution >= 4 is 23.1 Å². The van der Waals surface area contributed by atoms with Gasteiger partial charge in [-0.05, 0) is 36.4 Å². The van der Waals surface area contributed by atoms with E-state index in [4.69, 9.17) is 5.26 Å². The maximum absolute atomic E-state index is 13.6. The number of anilines is 3. The van der Waals surface area contributed by atoms with E-state index >= 15 is 0 Å². The molecule has 8 heteroatoms. The van der Waals surface area contributed by atoms with E-state index in [-0.39, 0.29) is 5.69 Å². The topological polar surface area (TPSA) is 90.7 Å². The molecular formula is C18H11F2N5O. The highest BCUT2D eigenvalue weighted by molar-refractivity contribution is 6.02. The summed E-state index contributed by atoms with van der Waals surface area (Å²) in [6.07, 6.45) is 0. The molecule has 26 heavy (non-hydrogen) atoms. The minimum absolute atomic E-state index is 0.119. The van der Waals surface area contributed by atoms with Crippen LogP contribution in [0, 0.1) is 23.0 Å². The Morgan fingerprint density at radius 2 is 1.69 bits per heavy atom.